The number of carboxylic acids is 1. The first-order chi connectivity index (χ1) is 15.0. The number of aromatic nitrogens is 3. The van der Waals surface area contributed by atoms with E-state index in [1.54, 1.807) is 13.0 Å². The molecule has 0 bridgehead atoms. The number of hydrogen-bond acceptors (Lipinski definition) is 5. The second-order valence-corrected chi connectivity index (χ2v) is 8.66. The van der Waals surface area contributed by atoms with Crippen molar-refractivity contribution in [1.82, 2.24) is 15.2 Å². The van der Waals surface area contributed by atoms with Crippen LogP contribution in [0.5, 0.6) is 5.75 Å². The number of fused-ring (bicyclic) bond motifs is 1. The number of aliphatic carboxylic acids is 1. The number of carbonyl (C=O) groups is 1. The van der Waals surface area contributed by atoms with Gasteiger partial charge in [0.25, 0.3) is 0 Å². The van der Waals surface area contributed by atoms with E-state index in [2.05, 4.69) is 31.1 Å². The summed E-state index contributed by atoms with van der Waals surface area (Å²) in [5, 5.41) is 18.8. The zero-order valence-corrected chi connectivity index (χ0v) is 18.9. The summed E-state index contributed by atoms with van der Waals surface area (Å²) in [6, 6.07) is 19.5. The molecule has 8 heteroatoms. The third-order valence-corrected chi connectivity index (χ3v) is 5.91. The van der Waals surface area contributed by atoms with Crippen LogP contribution in [0.1, 0.15) is 17.0 Å². The quantitative estimate of drug-likeness (QED) is 0.248. The summed E-state index contributed by atoms with van der Waals surface area (Å²) in [4.78, 5) is 16.3. The first-order valence-corrected chi connectivity index (χ1v) is 11.0. The van der Waals surface area contributed by atoms with Gasteiger partial charge in [-0.25, -0.2) is 9.78 Å². The monoisotopic (exact) mass is 495 g/mol. The first-order valence-electron chi connectivity index (χ1n) is 9.40. The van der Waals surface area contributed by atoms with Gasteiger partial charge in [-0.1, -0.05) is 58.4 Å². The zero-order valence-electron chi connectivity index (χ0n) is 16.5. The number of halogens is 1. The van der Waals surface area contributed by atoms with Crippen LogP contribution in [0.2, 0.25) is 0 Å². The molecule has 0 aliphatic carbocycles. The molecular weight excluding hydrogens is 478 g/mol. The first kappa shape index (κ1) is 21.1. The van der Waals surface area contributed by atoms with Gasteiger partial charge in [0, 0.05) is 10.0 Å². The summed E-state index contributed by atoms with van der Waals surface area (Å²) in [6.45, 7) is 2.13. The Morgan fingerprint density at radius 3 is 2.65 bits per heavy atom. The van der Waals surface area contributed by atoms with Crippen molar-refractivity contribution in [3.05, 3.63) is 87.0 Å². The smallest absolute Gasteiger partial charge is 0.342 e. The Kier molecular flexibility index (Phi) is 6.39. The van der Waals surface area contributed by atoms with E-state index in [0.29, 0.717) is 28.9 Å². The van der Waals surface area contributed by atoms with Gasteiger partial charge in [-0.15, -0.1) is 5.10 Å². The Hall–Kier alpha value is -3.10. The van der Waals surface area contributed by atoms with Crippen molar-refractivity contribution in [1.29, 1.82) is 0 Å². The molecule has 0 saturated carbocycles. The number of carboxylic acid groups (broad SMARTS) is 1. The topological polar surface area (TPSA) is 88.1 Å². The van der Waals surface area contributed by atoms with Crippen molar-refractivity contribution < 1.29 is 14.6 Å². The molecule has 3 aromatic carbocycles. The number of ether oxygens (including phenoxy) is 1. The molecule has 0 unspecified atom stereocenters. The summed E-state index contributed by atoms with van der Waals surface area (Å²) in [7, 11) is 0. The number of nitrogens with zero attached hydrogens (tertiary/aromatic N) is 2. The van der Waals surface area contributed by atoms with Crippen molar-refractivity contribution in [3.63, 3.8) is 0 Å². The summed E-state index contributed by atoms with van der Waals surface area (Å²) >= 11 is 4.42. The van der Waals surface area contributed by atoms with Crippen LogP contribution in [0.15, 0.2) is 75.2 Å². The Bertz CT molecular complexity index is 1270. The SMILES string of the molecule is Cc1nc(S/C(=C\c2c(OCc3ccc(Br)cc3)ccc3ccccc23)C(=O)O)n[nH]1. The second kappa shape index (κ2) is 9.36. The van der Waals surface area contributed by atoms with Crippen LogP contribution < -0.4 is 4.74 Å². The van der Waals surface area contributed by atoms with Gasteiger partial charge >= 0.3 is 5.97 Å². The standard InChI is InChI=1S/C23H18BrN3O3S/c1-14-25-23(27-26-14)31-21(22(28)29)12-19-18-5-3-2-4-16(18)8-11-20(19)30-13-15-6-9-17(24)10-7-15/h2-12H,13H2,1H3,(H,28,29)(H,25,26,27)/b21-12-. The van der Waals surface area contributed by atoms with E-state index in [1.807, 2.05) is 60.7 Å². The molecule has 2 N–H and O–H groups in total. The van der Waals surface area contributed by atoms with Gasteiger partial charge in [-0.05, 0) is 59.3 Å². The second-order valence-electron chi connectivity index (χ2n) is 6.73. The normalized spacial score (nSPS) is 11.6. The highest BCUT2D eigenvalue weighted by Crippen LogP contribution is 2.34. The molecule has 0 radical (unpaired) electrons. The molecule has 0 fully saturated rings. The Labute approximate surface area is 191 Å². The van der Waals surface area contributed by atoms with Gasteiger partial charge in [0.2, 0.25) is 5.16 Å². The Morgan fingerprint density at radius 1 is 1.16 bits per heavy atom. The summed E-state index contributed by atoms with van der Waals surface area (Å²) in [5.74, 6) is 0.169. The third-order valence-electron chi connectivity index (χ3n) is 4.50. The van der Waals surface area contributed by atoms with Gasteiger partial charge in [0.15, 0.2) is 0 Å². The fourth-order valence-corrected chi connectivity index (χ4v) is 4.02. The number of aromatic amines is 1. The summed E-state index contributed by atoms with van der Waals surface area (Å²) in [5.41, 5.74) is 1.71. The Balaban J connectivity index is 1.73. The van der Waals surface area contributed by atoms with Crippen molar-refractivity contribution in [3.8, 4) is 5.75 Å². The zero-order chi connectivity index (χ0) is 21.8. The minimum absolute atomic E-state index is 0.101. The molecule has 0 spiro atoms. The van der Waals surface area contributed by atoms with Crippen molar-refractivity contribution in [2.24, 2.45) is 0 Å². The van der Waals surface area contributed by atoms with Crippen LogP contribution in [0, 0.1) is 6.92 Å². The maximum Gasteiger partial charge on any atom is 0.342 e. The number of thioether (sulfide) groups is 1. The molecule has 0 saturated heterocycles. The van der Waals surface area contributed by atoms with E-state index >= 15 is 0 Å². The molecule has 0 atom stereocenters. The average Bonchev–Trinajstić information content (AvgIpc) is 3.18. The number of benzene rings is 3. The molecular formula is C23H18BrN3O3S. The number of rotatable bonds is 7. The lowest BCUT2D eigenvalue weighted by molar-refractivity contribution is -0.131. The van der Waals surface area contributed by atoms with Crippen LogP contribution in [0.3, 0.4) is 0 Å². The summed E-state index contributed by atoms with van der Waals surface area (Å²) in [6.07, 6.45) is 1.62. The van der Waals surface area contributed by atoms with E-state index in [0.717, 1.165) is 32.6 Å². The van der Waals surface area contributed by atoms with Crippen molar-refractivity contribution in [2.75, 3.05) is 0 Å². The highest BCUT2D eigenvalue weighted by atomic mass is 79.9. The van der Waals surface area contributed by atoms with E-state index < -0.39 is 5.97 Å². The van der Waals surface area contributed by atoms with E-state index in [4.69, 9.17) is 4.74 Å². The lowest BCUT2D eigenvalue weighted by Crippen LogP contribution is -2.00. The molecule has 1 aromatic heterocycles. The molecule has 0 aliphatic heterocycles. The highest BCUT2D eigenvalue weighted by Gasteiger charge is 2.16. The number of H-pyrrole nitrogens is 1. The van der Waals surface area contributed by atoms with Crippen LogP contribution in [-0.4, -0.2) is 26.3 Å². The lowest BCUT2D eigenvalue weighted by atomic mass is 10.0. The molecule has 156 valence electrons. The molecule has 4 aromatic rings. The van der Waals surface area contributed by atoms with Crippen LogP contribution >= 0.6 is 27.7 Å². The lowest BCUT2D eigenvalue weighted by Gasteiger charge is -2.13. The van der Waals surface area contributed by atoms with E-state index in [9.17, 15) is 9.90 Å². The predicted octanol–water partition coefficient (Wildman–Crippen LogP) is 5.83. The van der Waals surface area contributed by atoms with Crippen LogP contribution in [-0.2, 0) is 11.4 Å². The number of hydrogen-bond donors (Lipinski definition) is 2. The molecule has 1 heterocycles. The number of aryl methyl sites for hydroxylation is 1. The van der Waals surface area contributed by atoms with Crippen molar-refractivity contribution in [2.45, 2.75) is 18.7 Å². The van der Waals surface area contributed by atoms with Gasteiger partial charge in [0.1, 0.15) is 23.1 Å². The fourth-order valence-electron chi connectivity index (χ4n) is 3.02. The maximum absolute atomic E-state index is 12.0. The molecule has 0 aliphatic rings. The van der Waals surface area contributed by atoms with Gasteiger partial charge < -0.3 is 9.84 Å². The van der Waals surface area contributed by atoms with E-state index in [1.165, 1.54) is 0 Å². The average molecular weight is 496 g/mol. The van der Waals surface area contributed by atoms with Crippen molar-refractivity contribution >= 4 is 50.5 Å². The summed E-state index contributed by atoms with van der Waals surface area (Å²) < 4.78 is 7.10. The minimum Gasteiger partial charge on any atom is -0.488 e. The Morgan fingerprint density at radius 2 is 1.94 bits per heavy atom. The van der Waals surface area contributed by atoms with Gasteiger partial charge in [0.05, 0.1) is 0 Å². The third kappa shape index (κ3) is 5.15. The maximum atomic E-state index is 12.0. The largest absolute Gasteiger partial charge is 0.488 e. The fraction of sp³-hybridized carbons (Fsp3) is 0.0870. The molecule has 6 nitrogen and oxygen atoms in total. The number of nitrogens with one attached hydrogen (secondary N) is 1. The van der Waals surface area contributed by atoms with Crippen LogP contribution in [0.4, 0.5) is 0 Å². The molecule has 4 rings (SSSR count). The van der Waals surface area contributed by atoms with Gasteiger partial charge in [-0.2, -0.15) is 0 Å². The molecule has 0 amide bonds. The predicted molar refractivity (Wildman–Crippen MR) is 125 cm³/mol. The highest BCUT2D eigenvalue weighted by molar-refractivity contribution is 9.10. The van der Waals surface area contributed by atoms with Crippen LogP contribution in [0.25, 0.3) is 16.8 Å². The minimum atomic E-state index is -1.06. The molecule has 31 heavy (non-hydrogen) atoms. The van der Waals surface area contributed by atoms with E-state index in [-0.39, 0.29) is 4.91 Å². The van der Waals surface area contributed by atoms with Gasteiger partial charge in [-0.3, -0.25) is 5.10 Å².